The number of hydrogen-bond acceptors (Lipinski definition) is 4. The molecular weight excluding hydrogens is 232 g/mol. The fourth-order valence-corrected chi connectivity index (χ4v) is 1.77. The average molecular weight is 248 g/mol. The van der Waals surface area contributed by atoms with Crippen molar-refractivity contribution >= 4 is 12.0 Å². The molecule has 2 N–H and O–H groups in total. The predicted octanol–water partition coefficient (Wildman–Crippen LogP) is 0.784. The summed E-state index contributed by atoms with van der Waals surface area (Å²) in [5, 5.41) is 18.2. The number of aromatic nitrogens is 1. The van der Waals surface area contributed by atoms with Crippen LogP contribution in [0.15, 0.2) is 24.5 Å². The smallest absolute Gasteiger partial charge is 0.246 e. The number of hydrogen-bond donors (Lipinski definition) is 2. The van der Waals surface area contributed by atoms with Crippen molar-refractivity contribution in [2.24, 2.45) is 0 Å². The SMILES string of the molecule is O=C(/C=C/c1cncc(O)c1)N(CCO)C1CC1. The molecule has 1 amide bonds. The largest absolute Gasteiger partial charge is 0.506 e. The molecule has 0 atom stereocenters. The minimum absolute atomic E-state index is 0.0240. The summed E-state index contributed by atoms with van der Waals surface area (Å²) in [5.74, 6) is -0.0473. The summed E-state index contributed by atoms with van der Waals surface area (Å²) >= 11 is 0. The third-order valence-corrected chi connectivity index (χ3v) is 2.77. The monoisotopic (exact) mass is 248 g/mol. The summed E-state index contributed by atoms with van der Waals surface area (Å²) in [6.45, 7) is 0.343. The molecule has 0 spiro atoms. The quantitative estimate of drug-likeness (QED) is 0.755. The maximum Gasteiger partial charge on any atom is 0.246 e. The molecule has 0 aromatic carbocycles. The molecule has 0 radical (unpaired) electrons. The Bertz CT molecular complexity index is 455. The Morgan fingerprint density at radius 2 is 2.28 bits per heavy atom. The van der Waals surface area contributed by atoms with E-state index in [-0.39, 0.29) is 24.3 Å². The molecule has 0 saturated heterocycles. The van der Waals surface area contributed by atoms with Gasteiger partial charge in [0.05, 0.1) is 12.8 Å². The lowest BCUT2D eigenvalue weighted by Gasteiger charge is -2.19. The number of rotatable bonds is 5. The van der Waals surface area contributed by atoms with Gasteiger partial charge in [0, 0.05) is 24.9 Å². The second-order valence-electron chi connectivity index (χ2n) is 4.30. The van der Waals surface area contributed by atoms with E-state index in [1.54, 1.807) is 17.2 Å². The van der Waals surface area contributed by atoms with Crippen LogP contribution in [0.1, 0.15) is 18.4 Å². The summed E-state index contributed by atoms with van der Waals surface area (Å²) in [6, 6.07) is 1.81. The molecule has 1 aliphatic carbocycles. The Balaban J connectivity index is 2.01. The zero-order valence-corrected chi connectivity index (χ0v) is 9.99. The van der Waals surface area contributed by atoms with Gasteiger partial charge in [-0.15, -0.1) is 0 Å². The number of pyridine rings is 1. The van der Waals surface area contributed by atoms with Crippen molar-refractivity contribution in [1.82, 2.24) is 9.88 Å². The molecule has 1 saturated carbocycles. The molecule has 0 aliphatic heterocycles. The normalized spacial score (nSPS) is 14.9. The first-order chi connectivity index (χ1) is 8.70. The van der Waals surface area contributed by atoms with Gasteiger partial charge in [0.2, 0.25) is 5.91 Å². The van der Waals surface area contributed by atoms with Crippen molar-refractivity contribution < 1.29 is 15.0 Å². The minimum Gasteiger partial charge on any atom is -0.506 e. The van der Waals surface area contributed by atoms with E-state index in [1.165, 1.54) is 18.3 Å². The van der Waals surface area contributed by atoms with Crippen molar-refractivity contribution in [2.45, 2.75) is 18.9 Å². The molecule has 5 nitrogen and oxygen atoms in total. The van der Waals surface area contributed by atoms with E-state index in [0.29, 0.717) is 12.1 Å². The van der Waals surface area contributed by atoms with Crippen molar-refractivity contribution in [3.63, 3.8) is 0 Å². The lowest BCUT2D eigenvalue weighted by atomic mass is 10.2. The topological polar surface area (TPSA) is 73.7 Å². The van der Waals surface area contributed by atoms with Gasteiger partial charge in [-0.1, -0.05) is 0 Å². The molecule has 1 fully saturated rings. The highest BCUT2D eigenvalue weighted by molar-refractivity contribution is 5.92. The Morgan fingerprint density at radius 1 is 1.50 bits per heavy atom. The highest BCUT2D eigenvalue weighted by Gasteiger charge is 2.30. The van der Waals surface area contributed by atoms with Gasteiger partial charge in [0.1, 0.15) is 5.75 Å². The highest BCUT2D eigenvalue weighted by Crippen LogP contribution is 2.26. The van der Waals surface area contributed by atoms with Crippen LogP contribution in [0.3, 0.4) is 0 Å². The number of amides is 1. The van der Waals surface area contributed by atoms with E-state index in [0.717, 1.165) is 12.8 Å². The third kappa shape index (κ3) is 3.30. The Labute approximate surface area is 105 Å². The van der Waals surface area contributed by atoms with Gasteiger partial charge < -0.3 is 15.1 Å². The molecule has 18 heavy (non-hydrogen) atoms. The summed E-state index contributed by atoms with van der Waals surface area (Å²) in [5.41, 5.74) is 0.670. The highest BCUT2D eigenvalue weighted by atomic mass is 16.3. The Hall–Kier alpha value is -1.88. The standard InChI is InChI=1S/C13H16N2O3/c16-6-5-15(11-2-3-11)13(18)4-1-10-7-12(17)9-14-8-10/h1,4,7-9,11,16-17H,2-3,5-6H2/b4-1+. The number of carbonyl (C=O) groups is 1. The van der Waals surface area contributed by atoms with E-state index in [4.69, 9.17) is 5.11 Å². The van der Waals surface area contributed by atoms with Gasteiger partial charge in [0.25, 0.3) is 0 Å². The van der Waals surface area contributed by atoms with Gasteiger partial charge in [-0.05, 0) is 30.5 Å². The zero-order valence-electron chi connectivity index (χ0n) is 9.99. The van der Waals surface area contributed by atoms with E-state index in [1.807, 2.05) is 0 Å². The number of aliphatic hydroxyl groups excluding tert-OH is 1. The Morgan fingerprint density at radius 3 is 2.89 bits per heavy atom. The van der Waals surface area contributed by atoms with Crippen LogP contribution < -0.4 is 0 Å². The predicted molar refractivity (Wildman–Crippen MR) is 66.8 cm³/mol. The van der Waals surface area contributed by atoms with Crippen LogP contribution in [-0.4, -0.2) is 45.2 Å². The number of carbonyl (C=O) groups excluding carboxylic acids is 1. The van der Waals surface area contributed by atoms with Gasteiger partial charge in [-0.2, -0.15) is 0 Å². The summed E-state index contributed by atoms with van der Waals surface area (Å²) in [6.07, 6.45) is 7.98. The third-order valence-electron chi connectivity index (χ3n) is 2.77. The van der Waals surface area contributed by atoms with Crippen LogP contribution in [0.5, 0.6) is 5.75 Å². The molecule has 1 aliphatic rings. The molecule has 2 rings (SSSR count). The molecule has 0 unspecified atom stereocenters. The van der Waals surface area contributed by atoms with Gasteiger partial charge in [-0.25, -0.2) is 0 Å². The van der Waals surface area contributed by atoms with E-state index in [9.17, 15) is 9.90 Å². The van der Waals surface area contributed by atoms with Crippen LogP contribution in [0.4, 0.5) is 0 Å². The van der Waals surface area contributed by atoms with Crippen LogP contribution in [0.25, 0.3) is 6.08 Å². The number of aromatic hydroxyl groups is 1. The molecule has 1 aromatic rings. The average Bonchev–Trinajstić information content (AvgIpc) is 3.17. The second-order valence-corrected chi connectivity index (χ2v) is 4.30. The molecule has 1 aromatic heterocycles. The molecule has 96 valence electrons. The van der Waals surface area contributed by atoms with Crippen molar-refractivity contribution in [3.05, 3.63) is 30.1 Å². The number of aliphatic hydroxyl groups is 1. The number of nitrogens with zero attached hydrogens (tertiary/aromatic N) is 2. The van der Waals surface area contributed by atoms with E-state index in [2.05, 4.69) is 4.98 Å². The van der Waals surface area contributed by atoms with Gasteiger partial charge in [-0.3, -0.25) is 9.78 Å². The van der Waals surface area contributed by atoms with Crippen LogP contribution in [0, 0.1) is 0 Å². The first-order valence-corrected chi connectivity index (χ1v) is 5.94. The molecule has 1 heterocycles. The maximum absolute atomic E-state index is 11.9. The van der Waals surface area contributed by atoms with Gasteiger partial charge in [0.15, 0.2) is 0 Å². The minimum atomic E-state index is -0.116. The lowest BCUT2D eigenvalue weighted by Crippen LogP contribution is -2.34. The lowest BCUT2D eigenvalue weighted by molar-refractivity contribution is -0.127. The molecule has 5 heteroatoms. The van der Waals surface area contributed by atoms with Crippen molar-refractivity contribution in [2.75, 3.05) is 13.2 Å². The first kappa shape index (κ1) is 12.6. The zero-order chi connectivity index (χ0) is 13.0. The van der Waals surface area contributed by atoms with Crippen LogP contribution >= 0.6 is 0 Å². The molecule has 0 bridgehead atoms. The maximum atomic E-state index is 11.9. The summed E-state index contributed by atoms with van der Waals surface area (Å²) < 4.78 is 0. The summed E-state index contributed by atoms with van der Waals surface area (Å²) in [7, 11) is 0. The van der Waals surface area contributed by atoms with Crippen LogP contribution in [0.2, 0.25) is 0 Å². The van der Waals surface area contributed by atoms with E-state index >= 15 is 0 Å². The fourth-order valence-electron chi connectivity index (χ4n) is 1.77. The Kier molecular flexibility index (Phi) is 3.94. The summed E-state index contributed by atoms with van der Waals surface area (Å²) in [4.78, 5) is 17.4. The molecular formula is C13H16N2O3. The van der Waals surface area contributed by atoms with E-state index < -0.39 is 0 Å². The second kappa shape index (κ2) is 5.64. The van der Waals surface area contributed by atoms with Crippen molar-refractivity contribution in [1.29, 1.82) is 0 Å². The van der Waals surface area contributed by atoms with Crippen molar-refractivity contribution in [3.8, 4) is 5.75 Å². The first-order valence-electron chi connectivity index (χ1n) is 5.94. The van der Waals surface area contributed by atoms with Gasteiger partial charge >= 0.3 is 0 Å². The van der Waals surface area contributed by atoms with Crippen LogP contribution in [-0.2, 0) is 4.79 Å². The fraction of sp³-hybridized carbons (Fsp3) is 0.385.